The molecule has 2 nitrogen and oxygen atoms in total. The molecule has 0 aromatic carbocycles. The van der Waals surface area contributed by atoms with E-state index in [1.165, 1.54) is 0 Å². The van der Waals surface area contributed by atoms with Crippen molar-refractivity contribution >= 4 is 25.3 Å². The lowest BCUT2D eigenvalue weighted by atomic mass is 10.1. The summed E-state index contributed by atoms with van der Waals surface area (Å²) < 4.78 is 0. The topological polar surface area (TPSA) is 25.8 Å². The van der Waals surface area contributed by atoms with Crippen molar-refractivity contribution < 1.29 is 0 Å². The minimum absolute atomic E-state index is 0.0498. The highest BCUT2D eigenvalue weighted by Gasteiger charge is 2.17. The van der Waals surface area contributed by atoms with Crippen molar-refractivity contribution in [2.45, 2.75) is 10.5 Å². The molecule has 2 rings (SSSR count). The SMILES string of the molecule is SC(c1ccncc1)C(S)c1ccncc1. The Morgan fingerprint density at radius 3 is 1.31 bits per heavy atom. The van der Waals surface area contributed by atoms with Gasteiger partial charge in [-0.2, -0.15) is 25.3 Å². The van der Waals surface area contributed by atoms with Crippen LogP contribution in [-0.4, -0.2) is 9.97 Å². The standard InChI is InChI=1S/C12H12N2S2/c15-11(9-1-5-13-6-2-9)12(16)10-3-7-14-8-4-10/h1-8,11-12,15-16H. The van der Waals surface area contributed by atoms with E-state index in [1.54, 1.807) is 24.8 Å². The lowest BCUT2D eigenvalue weighted by Gasteiger charge is -2.18. The number of nitrogens with zero attached hydrogens (tertiary/aromatic N) is 2. The van der Waals surface area contributed by atoms with Crippen LogP contribution in [0.5, 0.6) is 0 Å². The number of hydrogen-bond acceptors (Lipinski definition) is 4. The van der Waals surface area contributed by atoms with Gasteiger partial charge in [-0.25, -0.2) is 0 Å². The molecule has 2 aromatic heterocycles. The highest BCUT2D eigenvalue weighted by atomic mass is 32.1. The summed E-state index contributed by atoms with van der Waals surface area (Å²) in [6, 6.07) is 7.84. The van der Waals surface area contributed by atoms with Gasteiger partial charge in [0.2, 0.25) is 0 Å². The van der Waals surface area contributed by atoms with Gasteiger partial charge in [-0.3, -0.25) is 9.97 Å². The number of rotatable bonds is 3. The third kappa shape index (κ3) is 2.57. The average Bonchev–Trinajstić information content (AvgIpc) is 2.39. The predicted octanol–water partition coefficient (Wildman–Crippen LogP) is 3.12. The summed E-state index contributed by atoms with van der Waals surface area (Å²) in [4.78, 5) is 7.98. The minimum atomic E-state index is 0.0498. The Morgan fingerprint density at radius 2 is 1.00 bits per heavy atom. The van der Waals surface area contributed by atoms with Crippen LogP contribution in [0.2, 0.25) is 0 Å². The molecule has 0 spiro atoms. The first-order valence-corrected chi connectivity index (χ1v) is 5.98. The fourth-order valence-corrected chi connectivity index (χ4v) is 2.17. The van der Waals surface area contributed by atoms with Crippen LogP contribution >= 0.6 is 25.3 Å². The second kappa shape index (κ2) is 5.37. The first-order chi connectivity index (χ1) is 7.79. The fraction of sp³-hybridized carbons (Fsp3) is 0.167. The first kappa shape index (κ1) is 11.5. The van der Waals surface area contributed by atoms with Gasteiger partial charge in [-0.05, 0) is 35.4 Å². The van der Waals surface area contributed by atoms with Gasteiger partial charge in [0.1, 0.15) is 0 Å². The molecule has 0 aliphatic rings. The summed E-state index contributed by atoms with van der Waals surface area (Å²) in [5, 5.41) is 0.0995. The third-order valence-electron chi connectivity index (χ3n) is 2.39. The number of aromatic nitrogens is 2. The molecule has 0 amide bonds. The highest BCUT2D eigenvalue weighted by molar-refractivity contribution is 7.84. The van der Waals surface area contributed by atoms with Crippen LogP contribution in [0.1, 0.15) is 21.6 Å². The summed E-state index contributed by atoms with van der Waals surface area (Å²) in [7, 11) is 0. The summed E-state index contributed by atoms with van der Waals surface area (Å²) in [5.74, 6) is 0. The highest BCUT2D eigenvalue weighted by Crippen LogP contribution is 2.37. The van der Waals surface area contributed by atoms with E-state index in [2.05, 4.69) is 35.2 Å². The average molecular weight is 248 g/mol. The van der Waals surface area contributed by atoms with Crippen molar-refractivity contribution in [2.24, 2.45) is 0 Å². The second-order valence-electron chi connectivity index (χ2n) is 3.45. The van der Waals surface area contributed by atoms with Gasteiger partial charge < -0.3 is 0 Å². The van der Waals surface area contributed by atoms with Crippen molar-refractivity contribution in [1.29, 1.82) is 0 Å². The molecule has 2 heterocycles. The van der Waals surface area contributed by atoms with Gasteiger partial charge in [0.05, 0.1) is 0 Å². The molecular weight excluding hydrogens is 236 g/mol. The summed E-state index contributed by atoms with van der Waals surface area (Å²) in [6.07, 6.45) is 7.08. The van der Waals surface area contributed by atoms with E-state index in [1.807, 2.05) is 24.3 Å². The van der Waals surface area contributed by atoms with Crippen LogP contribution in [0.15, 0.2) is 49.1 Å². The number of thiol groups is 2. The van der Waals surface area contributed by atoms with E-state index in [4.69, 9.17) is 0 Å². The Bertz CT molecular complexity index is 390. The largest absolute Gasteiger partial charge is 0.265 e. The van der Waals surface area contributed by atoms with Crippen molar-refractivity contribution in [2.75, 3.05) is 0 Å². The van der Waals surface area contributed by atoms with Crippen LogP contribution in [0.3, 0.4) is 0 Å². The predicted molar refractivity (Wildman–Crippen MR) is 71.9 cm³/mol. The molecule has 0 radical (unpaired) electrons. The molecule has 2 atom stereocenters. The quantitative estimate of drug-likeness (QED) is 0.816. The molecule has 2 aromatic rings. The van der Waals surface area contributed by atoms with E-state index in [9.17, 15) is 0 Å². The van der Waals surface area contributed by atoms with E-state index in [-0.39, 0.29) is 10.5 Å². The maximum Gasteiger partial charge on any atom is 0.0425 e. The Labute approximate surface area is 106 Å². The molecule has 0 fully saturated rings. The molecule has 2 unspecified atom stereocenters. The van der Waals surface area contributed by atoms with E-state index in [0.717, 1.165) is 11.1 Å². The summed E-state index contributed by atoms with van der Waals surface area (Å²) >= 11 is 9.20. The number of pyridine rings is 2. The van der Waals surface area contributed by atoms with E-state index < -0.39 is 0 Å². The van der Waals surface area contributed by atoms with Gasteiger partial charge in [0.25, 0.3) is 0 Å². The van der Waals surface area contributed by atoms with Gasteiger partial charge >= 0.3 is 0 Å². The van der Waals surface area contributed by atoms with Crippen molar-refractivity contribution in [1.82, 2.24) is 9.97 Å². The molecule has 82 valence electrons. The van der Waals surface area contributed by atoms with Gasteiger partial charge in [-0.15, -0.1) is 0 Å². The third-order valence-corrected chi connectivity index (χ3v) is 3.82. The first-order valence-electron chi connectivity index (χ1n) is 4.95. The zero-order valence-electron chi connectivity index (χ0n) is 8.56. The summed E-state index contributed by atoms with van der Waals surface area (Å²) in [5.41, 5.74) is 2.24. The van der Waals surface area contributed by atoms with E-state index >= 15 is 0 Å². The molecule has 16 heavy (non-hydrogen) atoms. The Hall–Kier alpha value is -1.00. The normalized spacial score (nSPS) is 14.4. The second-order valence-corrected chi connectivity index (χ2v) is 4.56. The zero-order chi connectivity index (χ0) is 11.4. The van der Waals surface area contributed by atoms with Crippen LogP contribution in [0.4, 0.5) is 0 Å². The molecule has 0 bridgehead atoms. The molecule has 4 heteroatoms. The molecule has 0 N–H and O–H groups in total. The van der Waals surface area contributed by atoms with Crippen LogP contribution in [0.25, 0.3) is 0 Å². The van der Waals surface area contributed by atoms with Gasteiger partial charge in [-0.1, -0.05) is 0 Å². The van der Waals surface area contributed by atoms with Crippen molar-refractivity contribution in [3.05, 3.63) is 60.2 Å². The minimum Gasteiger partial charge on any atom is -0.265 e. The molecule has 0 saturated heterocycles. The lowest BCUT2D eigenvalue weighted by molar-refractivity contribution is 0.912. The Morgan fingerprint density at radius 1 is 0.688 bits per heavy atom. The summed E-state index contributed by atoms with van der Waals surface area (Å²) in [6.45, 7) is 0. The Kier molecular flexibility index (Phi) is 3.85. The molecular formula is C12H12N2S2. The Balaban J connectivity index is 2.20. The fourth-order valence-electron chi connectivity index (χ4n) is 1.49. The maximum atomic E-state index is 4.60. The number of hydrogen-bond donors (Lipinski definition) is 2. The molecule has 0 aliphatic carbocycles. The smallest absolute Gasteiger partial charge is 0.0425 e. The van der Waals surface area contributed by atoms with Crippen LogP contribution < -0.4 is 0 Å². The van der Waals surface area contributed by atoms with Crippen LogP contribution in [0, 0.1) is 0 Å². The van der Waals surface area contributed by atoms with E-state index in [0.29, 0.717) is 0 Å². The lowest BCUT2D eigenvalue weighted by Crippen LogP contribution is -2.00. The molecule has 0 aliphatic heterocycles. The zero-order valence-corrected chi connectivity index (χ0v) is 10.4. The van der Waals surface area contributed by atoms with Gasteiger partial charge in [0, 0.05) is 35.3 Å². The maximum absolute atomic E-state index is 4.60. The van der Waals surface area contributed by atoms with Crippen LogP contribution in [-0.2, 0) is 0 Å². The monoisotopic (exact) mass is 248 g/mol. The van der Waals surface area contributed by atoms with Crippen molar-refractivity contribution in [3.8, 4) is 0 Å². The van der Waals surface area contributed by atoms with Gasteiger partial charge in [0.15, 0.2) is 0 Å². The molecule has 0 saturated carbocycles. The van der Waals surface area contributed by atoms with Crippen molar-refractivity contribution in [3.63, 3.8) is 0 Å².